The fraction of sp³-hybridized carbons (Fsp3) is 0.412. The van der Waals surface area contributed by atoms with Gasteiger partial charge in [0.2, 0.25) is 5.82 Å². The van der Waals surface area contributed by atoms with Crippen LogP contribution in [0.15, 0.2) is 24.3 Å². The van der Waals surface area contributed by atoms with Crippen LogP contribution in [0.2, 0.25) is 0 Å². The van der Waals surface area contributed by atoms with Crippen LogP contribution in [-0.2, 0) is 4.79 Å². The summed E-state index contributed by atoms with van der Waals surface area (Å²) in [5.41, 5.74) is 0.460. The Balaban J connectivity index is 2.32. The van der Waals surface area contributed by atoms with Crippen molar-refractivity contribution in [1.29, 1.82) is 0 Å². The van der Waals surface area contributed by atoms with E-state index < -0.39 is 29.7 Å². The van der Waals surface area contributed by atoms with Gasteiger partial charge in [-0.15, -0.1) is 5.10 Å². The number of halogens is 1. The maximum Gasteiger partial charge on any atom is 0.308 e. The number of amides is 1. The van der Waals surface area contributed by atoms with Crippen LogP contribution < -0.4 is 5.32 Å². The number of nitrogens with one attached hydrogen (secondary N) is 1. The molecule has 0 aliphatic rings. The minimum absolute atomic E-state index is 0.0484. The van der Waals surface area contributed by atoms with Crippen LogP contribution in [-0.4, -0.2) is 37.8 Å². The van der Waals surface area contributed by atoms with Crippen molar-refractivity contribution < 1.29 is 19.1 Å². The van der Waals surface area contributed by atoms with Gasteiger partial charge in [-0.2, -0.15) is 0 Å². The second-order valence-corrected chi connectivity index (χ2v) is 6.23. The molecule has 0 saturated carbocycles. The lowest BCUT2D eigenvalue weighted by molar-refractivity contribution is -0.141. The standard InChI is InChI=1S/C17H21FN4O3/c1-9(2)15-20-14(16(23)19-11(4)10(3)17(24)25)21-22(15)13-7-5-6-12(18)8-13/h5-11H,1-4H3,(H,19,23)(H,24,25). The molecule has 2 atom stereocenters. The van der Waals surface area contributed by atoms with E-state index in [9.17, 15) is 14.0 Å². The Morgan fingerprint density at radius 1 is 1.24 bits per heavy atom. The number of aromatic nitrogens is 3. The third kappa shape index (κ3) is 4.20. The first-order valence-corrected chi connectivity index (χ1v) is 7.97. The first-order valence-electron chi connectivity index (χ1n) is 7.97. The van der Waals surface area contributed by atoms with E-state index in [4.69, 9.17) is 5.11 Å². The highest BCUT2D eigenvalue weighted by atomic mass is 19.1. The molecule has 0 aliphatic carbocycles. The minimum atomic E-state index is -1.01. The molecule has 1 heterocycles. The molecule has 2 aromatic rings. The lowest BCUT2D eigenvalue weighted by Gasteiger charge is -2.16. The normalized spacial score (nSPS) is 13.5. The van der Waals surface area contributed by atoms with Gasteiger partial charge in [-0.3, -0.25) is 9.59 Å². The number of carboxylic acid groups (broad SMARTS) is 1. The van der Waals surface area contributed by atoms with Gasteiger partial charge in [-0.1, -0.05) is 19.9 Å². The number of carboxylic acids is 1. The van der Waals surface area contributed by atoms with Gasteiger partial charge >= 0.3 is 5.97 Å². The molecule has 25 heavy (non-hydrogen) atoms. The molecular weight excluding hydrogens is 327 g/mol. The highest BCUT2D eigenvalue weighted by Gasteiger charge is 2.25. The number of nitrogens with zero attached hydrogens (tertiary/aromatic N) is 3. The topological polar surface area (TPSA) is 97.1 Å². The monoisotopic (exact) mass is 348 g/mol. The highest BCUT2D eigenvalue weighted by Crippen LogP contribution is 2.18. The Morgan fingerprint density at radius 2 is 1.92 bits per heavy atom. The molecular formula is C17H21FN4O3. The van der Waals surface area contributed by atoms with Crippen LogP contribution in [0, 0.1) is 11.7 Å². The van der Waals surface area contributed by atoms with Gasteiger partial charge in [-0.25, -0.2) is 14.1 Å². The molecule has 1 amide bonds. The van der Waals surface area contributed by atoms with Gasteiger partial charge in [-0.05, 0) is 32.0 Å². The fourth-order valence-corrected chi connectivity index (χ4v) is 2.20. The summed E-state index contributed by atoms with van der Waals surface area (Å²) in [4.78, 5) is 27.6. The molecule has 0 radical (unpaired) electrons. The Kier molecular flexibility index (Phi) is 5.51. The Morgan fingerprint density at radius 3 is 2.48 bits per heavy atom. The second-order valence-electron chi connectivity index (χ2n) is 6.23. The van der Waals surface area contributed by atoms with E-state index in [1.54, 1.807) is 19.1 Å². The van der Waals surface area contributed by atoms with Crippen molar-refractivity contribution >= 4 is 11.9 Å². The molecule has 0 bridgehead atoms. The molecule has 8 heteroatoms. The summed E-state index contributed by atoms with van der Waals surface area (Å²) in [5.74, 6) is -2.37. The SMILES string of the molecule is CC(C)c1nc(C(=O)NC(C)C(C)C(=O)O)nn1-c1cccc(F)c1. The van der Waals surface area contributed by atoms with E-state index in [0.29, 0.717) is 11.5 Å². The zero-order valence-corrected chi connectivity index (χ0v) is 14.5. The van der Waals surface area contributed by atoms with E-state index in [2.05, 4.69) is 15.4 Å². The minimum Gasteiger partial charge on any atom is -0.481 e. The summed E-state index contributed by atoms with van der Waals surface area (Å²) in [6, 6.07) is 5.25. The zero-order chi connectivity index (χ0) is 18.7. The molecule has 2 rings (SSSR count). The average molecular weight is 348 g/mol. The second kappa shape index (κ2) is 7.42. The van der Waals surface area contributed by atoms with Crippen LogP contribution in [0.4, 0.5) is 4.39 Å². The molecule has 0 aliphatic heterocycles. The van der Waals surface area contributed by atoms with Gasteiger partial charge in [0, 0.05) is 12.0 Å². The summed E-state index contributed by atoms with van der Waals surface area (Å²) in [6.45, 7) is 6.88. The summed E-state index contributed by atoms with van der Waals surface area (Å²) in [5, 5.41) is 15.8. The van der Waals surface area contributed by atoms with Crippen molar-refractivity contribution in [3.8, 4) is 5.69 Å². The molecule has 2 unspecified atom stereocenters. The van der Waals surface area contributed by atoms with Crippen molar-refractivity contribution in [2.24, 2.45) is 5.92 Å². The van der Waals surface area contributed by atoms with Crippen LogP contribution in [0.1, 0.15) is 50.1 Å². The smallest absolute Gasteiger partial charge is 0.308 e. The number of hydrogen-bond acceptors (Lipinski definition) is 4. The molecule has 2 N–H and O–H groups in total. The number of rotatable bonds is 6. The van der Waals surface area contributed by atoms with Gasteiger partial charge < -0.3 is 10.4 Å². The van der Waals surface area contributed by atoms with E-state index in [1.807, 2.05) is 13.8 Å². The Hall–Kier alpha value is -2.77. The molecule has 0 saturated heterocycles. The number of carbonyl (C=O) groups is 2. The van der Waals surface area contributed by atoms with E-state index in [-0.39, 0.29) is 11.7 Å². The molecule has 1 aromatic heterocycles. The predicted octanol–water partition coefficient (Wildman–Crippen LogP) is 2.37. The zero-order valence-electron chi connectivity index (χ0n) is 14.5. The molecule has 7 nitrogen and oxygen atoms in total. The summed E-state index contributed by atoms with van der Waals surface area (Å²) in [7, 11) is 0. The average Bonchev–Trinajstić information content (AvgIpc) is 2.99. The lowest BCUT2D eigenvalue weighted by Crippen LogP contribution is -2.40. The number of aliphatic carboxylic acids is 1. The third-order valence-corrected chi connectivity index (χ3v) is 3.90. The van der Waals surface area contributed by atoms with Crippen LogP contribution in [0.25, 0.3) is 5.69 Å². The summed E-state index contributed by atoms with van der Waals surface area (Å²) < 4.78 is 14.9. The largest absolute Gasteiger partial charge is 0.481 e. The molecule has 0 spiro atoms. The summed E-state index contributed by atoms with van der Waals surface area (Å²) in [6.07, 6.45) is 0. The van der Waals surface area contributed by atoms with Crippen LogP contribution in [0.3, 0.4) is 0 Å². The van der Waals surface area contributed by atoms with Crippen molar-refractivity contribution in [3.05, 3.63) is 41.7 Å². The number of benzene rings is 1. The third-order valence-electron chi connectivity index (χ3n) is 3.90. The quantitative estimate of drug-likeness (QED) is 0.835. The van der Waals surface area contributed by atoms with Crippen molar-refractivity contribution in [2.45, 2.75) is 39.7 Å². The Bertz CT molecular complexity index is 788. The Labute approximate surface area is 144 Å². The first kappa shape index (κ1) is 18.6. The van der Waals surface area contributed by atoms with Crippen molar-refractivity contribution in [1.82, 2.24) is 20.1 Å². The van der Waals surface area contributed by atoms with Gasteiger partial charge in [0.25, 0.3) is 5.91 Å². The maximum atomic E-state index is 13.5. The van der Waals surface area contributed by atoms with Gasteiger partial charge in [0.1, 0.15) is 11.6 Å². The summed E-state index contributed by atoms with van der Waals surface area (Å²) >= 11 is 0. The van der Waals surface area contributed by atoms with Crippen molar-refractivity contribution in [3.63, 3.8) is 0 Å². The van der Waals surface area contributed by atoms with Crippen LogP contribution in [0.5, 0.6) is 0 Å². The highest BCUT2D eigenvalue weighted by molar-refractivity contribution is 5.91. The van der Waals surface area contributed by atoms with Crippen LogP contribution >= 0.6 is 0 Å². The first-order chi connectivity index (χ1) is 11.7. The maximum absolute atomic E-state index is 13.5. The fourth-order valence-electron chi connectivity index (χ4n) is 2.20. The van der Waals surface area contributed by atoms with E-state index in [1.165, 1.54) is 23.7 Å². The predicted molar refractivity (Wildman–Crippen MR) is 89.1 cm³/mol. The van der Waals surface area contributed by atoms with E-state index >= 15 is 0 Å². The molecule has 134 valence electrons. The molecule has 0 fully saturated rings. The van der Waals surface area contributed by atoms with Crippen molar-refractivity contribution in [2.75, 3.05) is 0 Å². The van der Waals surface area contributed by atoms with Gasteiger partial charge in [0.05, 0.1) is 11.6 Å². The number of hydrogen-bond donors (Lipinski definition) is 2. The lowest BCUT2D eigenvalue weighted by atomic mass is 10.0. The van der Waals surface area contributed by atoms with Gasteiger partial charge in [0.15, 0.2) is 0 Å². The number of carbonyl (C=O) groups excluding carboxylic acids is 1. The van der Waals surface area contributed by atoms with E-state index in [0.717, 1.165) is 0 Å². The molecule has 1 aromatic carbocycles.